The molecule has 2 rings (SSSR count). The van der Waals surface area contributed by atoms with Gasteiger partial charge in [0.2, 0.25) is 5.91 Å². The summed E-state index contributed by atoms with van der Waals surface area (Å²) in [5.41, 5.74) is 0.805. The van der Waals surface area contributed by atoms with Gasteiger partial charge in [-0.1, -0.05) is 11.6 Å². The molecule has 0 aromatic carbocycles. The summed E-state index contributed by atoms with van der Waals surface area (Å²) in [4.78, 5) is 14.8. The van der Waals surface area contributed by atoms with Crippen molar-refractivity contribution in [1.82, 2.24) is 4.98 Å². The Morgan fingerprint density at radius 3 is 3.17 bits per heavy atom. The van der Waals surface area contributed by atoms with E-state index in [1.54, 1.807) is 12.1 Å². The van der Waals surface area contributed by atoms with E-state index < -0.39 is 0 Å². The molecule has 0 spiro atoms. The van der Waals surface area contributed by atoms with E-state index in [0.717, 1.165) is 5.69 Å². The summed E-state index contributed by atoms with van der Waals surface area (Å²) in [5, 5.41) is 5.88. The highest BCUT2D eigenvalue weighted by atomic mass is 35.5. The van der Waals surface area contributed by atoms with Crippen molar-refractivity contribution in [2.75, 3.05) is 17.2 Å². The van der Waals surface area contributed by atoms with Gasteiger partial charge in [-0.05, 0) is 12.1 Å². The largest absolute Gasteiger partial charge is 0.373 e. The minimum Gasteiger partial charge on any atom is -0.373 e. The van der Waals surface area contributed by atoms with Crippen LogP contribution in [0.3, 0.4) is 0 Å². The van der Waals surface area contributed by atoms with Gasteiger partial charge in [0, 0.05) is 0 Å². The number of carbonyl (C=O) groups excluding carboxylic acids is 1. The van der Waals surface area contributed by atoms with Gasteiger partial charge < -0.3 is 10.6 Å². The lowest BCUT2D eigenvalue weighted by Crippen LogP contribution is -2.27. The van der Waals surface area contributed by atoms with Crippen molar-refractivity contribution >= 4 is 29.0 Å². The van der Waals surface area contributed by atoms with Gasteiger partial charge in [0.05, 0.1) is 12.2 Å². The molecule has 1 aliphatic heterocycles. The van der Waals surface area contributed by atoms with Crippen molar-refractivity contribution in [2.24, 2.45) is 0 Å². The number of pyridine rings is 1. The minimum absolute atomic E-state index is 0.0998. The van der Waals surface area contributed by atoms with Gasteiger partial charge in [0.1, 0.15) is 5.15 Å². The molecule has 0 unspecified atom stereocenters. The van der Waals surface area contributed by atoms with Crippen LogP contribution < -0.4 is 10.6 Å². The molecular formula is C7H6ClN3O. The molecule has 5 heteroatoms. The molecule has 12 heavy (non-hydrogen) atoms. The summed E-state index contributed by atoms with van der Waals surface area (Å²) >= 11 is 5.63. The van der Waals surface area contributed by atoms with Crippen LogP contribution in [0.15, 0.2) is 12.1 Å². The number of anilines is 2. The number of hydrogen-bond donors (Lipinski definition) is 2. The lowest BCUT2D eigenvalue weighted by atomic mass is 10.3. The summed E-state index contributed by atoms with van der Waals surface area (Å²) in [6.45, 7) is 0.288. The first-order chi connectivity index (χ1) is 5.75. The van der Waals surface area contributed by atoms with Gasteiger partial charge in [-0.25, -0.2) is 4.98 Å². The monoisotopic (exact) mass is 183 g/mol. The fraction of sp³-hybridized carbons (Fsp3) is 0.143. The third-order valence-corrected chi connectivity index (χ3v) is 1.77. The predicted octanol–water partition coefficient (Wildman–Crippen LogP) is 1.10. The Morgan fingerprint density at radius 2 is 2.33 bits per heavy atom. The maximum absolute atomic E-state index is 10.9. The lowest BCUT2D eigenvalue weighted by molar-refractivity contribution is -0.114. The number of carbonyl (C=O) groups is 1. The van der Waals surface area contributed by atoms with E-state index >= 15 is 0 Å². The first-order valence-electron chi connectivity index (χ1n) is 3.46. The Hall–Kier alpha value is -1.29. The van der Waals surface area contributed by atoms with Crippen molar-refractivity contribution in [2.45, 2.75) is 0 Å². The van der Waals surface area contributed by atoms with Crippen LogP contribution in [0.5, 0.6) is 0 Å². The third-order valence-electron chi connectivity index (χ3n) is 1.56. The number of aromatic nitrogens is 1. The molecule has 2 N–H and O–H groups in total. The molecule has 2 heterocycles. The average molecular weight is 184 g/mol. The Morgan fingerprint density at radius 1 is 1.50 bits per heavy atom. The summed E-state index contributed by atoms with van der Waals surface area (Å²) in [7, 11) is 0. The SMILES string of the molecule is O=C1CNc2ccc(Cl)nc2N1. The maximum atomic E-state index is 10.9. The standard InChI is InChI=1S/C7H6ClN3O/c8-5-2-1-4-7(10-5)11-6(12)3-9-4/h1-2,9H,3H2,(H,10,11,12). The molecule has 0 saturated heterocycles. The Bertz CT molecular complexity index is 339. The number of rotatable bonds is 0. The molecule has 1 aromatic rings. The van der Waals surface area contributed by atoms with Gasteiger partial charge >= 0.3 is 0 Å². The van der Waals surface area contributed by atoms with Crippen LogP contribution in [0.25, 0.3) is 0 Å². The molecule has 0 atom stereocenters. The van der Waals surface area contributed by atoms with E-state index in [2.05, 4.69) is 15.6 Å². The zero-order valence-electron chi connectivity index (χ0n) is 6.10. The molecular weight excluding hydrogens is 178 g/mol. The van der Waals surface area contributed by atoms with Crippen LogP contribution in [0.2, 0.25) is 5.15 Å². The van der Waals surface area contributed by atoms with Crippen molar-refractivity contribution in [3.8, 4) is 0 Å². The fourth-order valence-electron chi connectivity index (χ4n) is 1.03. The second-order valence-corrected chi connectivity index (χ2v) is 2.82. The Balaban J connectivity index is 2.44. The summed E-state index contributed by atoms with van der Waals surface area (Å²) in [6.07, 6.45) is 0. The number of fused-ring (bicyclic) bond motifs is 1. The van der Waals surface area contributed by atoms with Crippen LogP contribution >= 0.6 is 11.6 Å². The van der Waals surface area contributed by atoms with Crippen molar-refractivity contribution in [3.05, 3.63) is 17.3 Å². The highest BCUT2D eigenvalue weighted by Crippen LogP contribution is 2.23. The van der Waals surface area contributed by atoms with Gasteiger partial charge in [0.15, 0.2) is 5.82 Å². The molecule has 1 aromatic heterocycles. The third kappa shape index (κ3) is 1.21. The Kier molecular flexibility index (Phi) is 1.62. The summed E-state index contributed by atoms with van der Waals surface area (Å²) < 4.78 is 0. The average Bonchev–Trinajstić information content (AvgIpc) is 2.03. The maximum Gasteiger partial charge on any atom is 0.244 e. The quantitative estimate of drug-likeness (QED) is 0.593. The minimum atomic E-state index is -0.0998. The molecule has 0 radical (unpaired) electrons. The second kappa shape index (κ2) is 2.64. The van der Waals surface area contributed by atoms with E-state index in [0.29, 0.717) is 11.0 Å². The van der Waals surface area contributed by atoms with E-state index in [1.807, 2.05) is 0 Å². The van der Waals surface area contributed by atoms with E-state index in [4.69, 9.17) is 11.6 Å². The van der Waals surface area contributed by atoms with Gasteiger partial charge in [-0.3, -0.25) is 4.79 Å². The first kappa shape index (κ1) is 7.36. The normalized spacial score (nSPS) is 14.6. The summed E-state index contributed by atoms with van der Waals surface area (Å²) in [5.74, 6) is 0.399. The highest BCUT2D eigenvalue weighted by molar-refractivity contribution is 6.29. The number of halogens is 1. The molecule has 0 bridgehead atoms. The second-order valence-electron chi connectivity index (χ2n) is 2.43. The predicted molar refractivity (Wildman–Crippen MR) is 46.4 cm³/mol. The van der Waals surface area contributed by atoms with Crippen LogP contribution in [0.4, 0.5) is 11.5 Å². The van der Waals surface area contributed by atoms with E-state index in [1.165, 1.54) is 0 Å². The van der Waals surface area contributed by atoms with Crippen LogP contribution in [0.1, 0.15) is 0 Å². The smallest absolute Gasteiger partial charge is 0.244 e. The van der Waals surface area contributed by atoms with E-state index in [-0.39, 0.29) is 12.5 Å². The molecule has 0 fully saturated rings. The first-order valence-corrected chi connectivity index (χ1v) is 3.84. The number of hydrogen-bond acceptors (Lipinski definition) is 3. The number of nitrogens with one attached hydrogen (secondary N) is 2. The molecule has 62 valence electrons. The van der Waals surface area contributed by atoms with Crippen molar-refractivity contribution < 1.29 is 4.79 Å². The zero-order valence-corrected chi connectivity index (χ0v) is 6.85. The van der Waals surface area contributed by atoms with Crippen LogP contribution in [-0.2, 0) is 4.79 Å². The van der Waals surface area contributed by atoms with Crippen molar-refractivity contribution in [1.29, 1.82) is 0 Å². The topological polar surface area (TPSA) is 54.0 Å². The lowest BCUT2D eigenvalue weighted by Gasteiger charge is -2.16. The molecule has 1 aliphatic rings. The fourth-order valence-corrected chi connectivity index (χ4v) is 1.17. The van der Waals surface area contributed by atoms with Crippen molar-refractivity contribution in [3.63, 3.8) is 0 Å². The van der Waals surface area contributed by atoms with Crippen LogP contribution in [-0.4, -0.2) is 17.4 Å². The molecule has 0 aliphatic carbocycles. The number of nitrogens with zero attached hydrogens (tertiary/aromatic N) is 1. The molecule has 0 saturated carbocycles. The van der Waals surface area contributed by atoms with Gasteiger partial charge in [-0.2, -0.15) is 0 Å². The van der Waals surface area contributed by atoms with Gasteiger partial charge in [-0.15, -0.1) is 0 Å². The molecule has 4 nitrogen and oxygen atoms in total. The van der Waals surface area contributed by atoms with E-state index in [9.17, 15) is 4.79 Å². The zero-order chi connectivity index (χ0) is 8.55. The summed E-state index contributed by atoms with van der Waals surface area (Å²) in [6, 6.07) is 3.45. The number of amides is 1. The van der Waals surface area contributed by atoms with Gasteiger partial charge in [0.25, 0.3) is 0 Å². The molecule has 1 amide bonds. The highest BCUT2D eigenvalue weighted by Gasteiger charge is 2.14. The van der Waals surface area contributed by atoms with Crippen LogP contribution in [0, 0.1) is 0 Å². The Labute approximate surface area is 73.9 Å².